The number of benzene rings is 1. The number of H-pyrrole nitrogens is 1. The second kappa shape index (κ2) is 6.10. The minimum Gasteiger partial charge on any atom is -0.361 e. The zero-order valence-electron chi connectivity index (χ0n) is 13.1. The Balaban J connectivity index is 1.56. The van der Waals surface area contributed by atoms with Gasteiger partial charge in [0.25, 0.3) is 0 Å². The summed E-state index contributed by atoms with van der Waals surface area (Å²) in [4.78, 5) is 12.6. The summed E-state index contributed by atoms with van der Waals surface area (Å²) in [5, 5.41) is 1.14. The number of nitrogens with one attached hydrogen (secondary N) is 1. The van der Waals surface area contributed by atoms with Crippen LogP contribution in [0.25, 0.3) is 10.9 Å². The highest BCUT2D eigenvalue weighted by molar-refractivity contribution is 9.10. The van der Waals surface area contributed by atoms with Crippen molar-refractivity contribution in [2.45, 2.75) is 25.7 Å². The number of nitrogens with zero attached hydrogens (tertiary/aromatic N) is 3. The van der Waals surface area contributed by atoms with E-state index in [0.717, 1.165) is 26.5 Å². The molecular formula is C17H14BrF3N4. The zero-order chi connectivity index (χ0) is 17.6. The standard InChI is InChI=1S/C17H14BrF3N4/c18-12-2-1-3-14-15(12)11(7-22-14)9-25-5-4-13-10(8-25)6-23-16(24-13)17(19,20)21/h1-3,6-7,22H,4-5,8-9H2. The highest BCUT2D eigenvalue weighted by atomic mass is 79.9. The van der Waals surface area contributed by atoms with Gasteiger partial charge in [0.05, 0.1) is 5.69 Å². The minimum absolute atomic E-state index is 0.491. The van der Waals surface area contributed by atoms with Crippen LogP contribution in [0.1, 0.15) is 22.6 Å². The van der Waals surface area contributed by atoms with Gasteiger partial charge in [-0.1, -0.05) is 22.0 Å². The van der Waals surface area contributed by atoms with Gasteiger partial charge in [0.1, 0.15) is 0 Å². The van der Waals surface area contributed by atoms with Gasteiger partial charge in [-0.3, -0.25) is 4.90 Å². The molecule has 3 heterocycles. The average molecular weight is 411 g/mol. The van der Waals surface area contributed by atoms with E-state index in [1.54, 1.807) is 0 Å². The summed E-state index contributed by atoms with van der Waals surface area (Å²) in [6, 6.07) is 5.98. The number of alkyl halides is 3. The monoisotopic (exact) mass is 410 g/mol. The van der Waals surface area contributed by atoms with E-state index in [-0.39, 0.29) is 0 Å². The maximum absolute atomic E-state index is 12.7. The average Bonchev–Trinajstić information content (AvgIpc) is 2.98. The molecule has 130 valence electrons. The normalized spacial score (nSPS) is 15.5. The SMILES string of the molecule is FC(F)(F)c1ncc2c(n1)CCN(Cc1c[nH]c3cccc(Br)c13)C2. The van der Waals surface area contributed by atoms with Crippen molar-refractivity contribution in [1.29, 1.82) is 0 Å². The summed E-state index contributed by atoms with van der Waals surface area (Å²) in [5.41, 5.74) is 3.47. The van der Waals surface area contributed by atoms with E-state index in [2.05, 4.69) is 35.8 Å². The molecule has 0 spiro atoms. The van der Waals surface area contributed by atoms with E-state index < -0.39 is 12.0 Å². The fourth-order valence-corrected chi connectivity index (χ4v) is 3.84. The fourth-order valence-electron chi connectivity index (χ4n) is 3.22. The molecule has 0 unspecified atom stereocenters. The summed E-state index contributed by atoms with van der Waals surface area (Å²) in [6.45, 7) is 1.92. The van der Waals surface area contributed by atoms with Crippen LogP contribution in [0.5, 0.6) is 0 Å². The summed E-state index contributed by atoms with van der Waals surface area (Å²) >= 11 is 3.58. The molecule has 0 atom stereocenters. The second-order valence-electron chi connectivity index (χ2n) is 6.10. The first-order chi connectivity index (χ1) is 11.9. The van der Waals surface area contributed by atoms with Gasteiger partial charge in [0.15, 0.2) is 0 Å². The Morgan fingerprint density at radius 3 is 2.92 bits per heavy atom. The minimum atomic E-state index is -4.50. The molecule has 2 aromatic heterocycles. The van der Waals surface area contributed by atoms with E-state index in [0.29, 0.717) is 31.7 Å². The third-order valence-electron chi connectivity index (χ3n) is 4.40. The van der Waals surface area contributed by atoms with Crippen LogP contribution in [-0.2, 0) is 25.7 Å². The molecule has 4 rings (SSSR count). The highest BCUT2D eigenvalue weighted by Crippen LogP contribution is 2.30. The van der Waals surface area contributed by atoms with E-state index in [9.17, 15) is 13.2 Å². The highest BCUT2D eigenvalue weighted by Gasteiger charge is 2.35. The topological polar surface area (TPSA) is 44.8 Å². The predicted molar refractivity (Wildman–Crippen MR) is 90.9 cm³/mol. The third kappa shape index (κ3) is 3.16. The lowest BCUT2D eigenvalue weighted by Crippen LogP contribution is -2.31. The molecule has 1 aromatic carbocycles. The molecule has 0 saturated heterocycles. The van der Waals surface area contributed by atoms with E-state index in [4.69, 9.17) is 0 Å². The van der Waals surface area contributed by atoms with Crippen molar-refractivity contribution in [3.63, 3.8) is 0 Å². The van der Waals surface area contributed by atoms with Crippen LogP contribution in [0.4, 0.5) is 13.2 Å². The number of rotatable bonds is 2. The van der Waals surface area contributed by atoms with Gasteiger partial charge in [0, 0.05) is 59.4 Å². The number of halogens is 4. The van der Waals surface area contributed by atoms with E-state index in [1.807, 2.05) is 24.4 Å². The first kappa shape index (κ1) is 16.5. The fraction of sp³-hybridized carbons (Fsp3) is 0.294. The van der Waals surface area contributed by atoms with Gasteiger partial charge < -0.3 is 4.98 Å². The van der Waals surface area contributed by atoms with E-state index in [1.165, 1.54) is 6.20 Å². The molecule has 8 heteroatoms. The second-order valence-corrected chi connectivity index (χ2v) is 6.95. The van der Waals surface area contributed by atoms with Crippen molar-refractivity contribution in [2.75, 3.05) is 6.54 Å². The molecule has 0 bridgehead atoms. The van der Waals surface area contributed by atoms with Crippen molar-refractivity contribution in [1.82, 2.24) is 19.9 Å². The van der Waals surface area contributed by atoms with Gasteiger partial charge in [-0.05, 0) is 17.7 Å². The van der Waals surface area contributed by atoms with Crippen LogP contribution in [0, 0.1) is 0 Å². The van der Waals surface area contributed by atoms with Gasteiger partial charge in [-0.15, -0.1) is 0 Å². The smallest absolute Gasteiger partial charge is 0.361 e. The predicted octanol–water partition coefficient (Wildman–Crippen LogP) is 4.30. The Morgan fingerprint density at radius 2 is 2.12 bits per heavy atom. The quantitative estimate of drug-likeness (QED) is 0.684. The number of aromatic amines is 1. The molecule has 0 aliphatic carbocycles. The molecule has 0 radical (unpaired) electrons. The first-order valence-corrected chi connectivity index (χ1v) is 8.60. The van der Waals surface area contributed by atoms with Crippen molar-refractivity contribution >= 4 is 26.8 Å². The molecule has 1 aliphatic rings. The van der Waals surface area contributed by atoms with Crippen LogP contribution in [0.2, 0.25) is 0 Å². The number of hydrogen-bond donors (Lipinski definition) is 1. The van der Waals surface area contributed by atoms with Gasteiger partial charge in [0.2, 0.25) is 5.82 Å². The third-order valence-corrected chi connectivity index (χ3v) is 5.06. The molecule has 1 N–H and O–H groups in total. The van der Waals surface area contributed by atoms with Gasteiger partial charge >= 0.3 is 6.18 Å². The van der Waals surface area contributed by atoms with Crippen molar-refractivity contribution in [3.8, 4) is 0 Å². The molecule has 0 saturated carbocycles. The summed E-state index contributed by atoms with van der Waals surface area (Å²) in [6.07, 6.45) is -0.719. The van der Waals surface area contributed by atoms with Crippen LogP contribution >= 0.6 is 15.9 Å². The lowest BCUT2D eigenvalue weighted by Gasteiger charge is -2.28. The Labute approximate surface area is 150 Å². The number of aromatic nitrogens is 3. The lowest BCUT2D eigenvalue weighted by molar-refractivity contribution is -0.145. The van der Waals surface area contributed by atoms with Crippen molar-refractivity contribution in [3.05, 3.63) is 57.7 Å². The first-order valence-electron chi connectivity index (χ1n) is 7.80. The molecular weight excluding hydrogens is 397 g/mol. The van der Waals surface area contributed by atoms with Gasteiger partial charge in [-0.25, -0.2) is 9.97 Å². The lowest BCUT2D eigenvalue weighted by atomic mass is 10.1. The Morgan fingerprint density at radius 1 is 1.28 bits per heavy atom. The maximum Gasteiger partial charge on any atom is 0.451 e. The Hall–Kier alpha value is -1.93. The molecule has 25 heavy (non-hydrogen) atoms. The molecule has 0 fully saturated rings. The van der Waals surface area contributed by atoms with E-state index >= 15 is 0 Å². The number of fused-ring (bicyclic) bond motifs is 2. The van der Waals surface area contributed by atoms with Crippen molar-refractivity contribution in [2.24, 2.45) is 0 Å². The summed E-state index contributed by atoms with van der Waals surface area (Å²) < 4.78 is 39.2. The van der Waals surface area contributed by atoms with Crippen LogP contribution < -0.4 is 0 Å². The molecule has 0 amide bonds. The summed E-state index contributed by atoms with van der Waals surface area (Å²) in [7, 11) is 0. The summed E-state index contributed by atoms with van der Waals surface area (Å²) in [5.74, 6) is -1.06. The number of hydrogen-bond acceptors (Lipinski definition) is 3. The van der Waals surface area contributed by atoms with Crippen LogP contribution in [0.3, 0.4) is 0 Å². The van der Waals surface area contributed by atoms with Crippen LogP contribution in [0.15, 0.2) is 35.1 Å². The van der Waals surface area contributed by atoms with Crippen molar-refractivity contribution < 1.29 is 13.2 Å². The molecule has 3 aromatic rings. The molecule has 1 aliphatic heterocycles. The maximum atomic E-state index is 12.7. The van der Waals surface area contributed by atoms with Crippen LogP contribution in [-0.4, -0.2) is 26.4 Å². The molecule has 4 nitrogen and oxygen atoms in total. The largest absolute Gasteiger partial charge is 0.451 e. The Kier molecular flexibility index (Phi) is 4.04. The Bertz CT molecular complexity index is 935. The zero-order valence-corrected chi connectivity index (χ0v) is 14.7. The van der Waals surface area contributed by atoms with Gasteiger partial charge in [-0.2, -0.15) is 13.2 Å².